The molecular formula is C18H21ClN2O4S. The minimum Gasteiger partial charge on any atom is -0.497 e. The van der Waals surface area contributed by atoms with Crippen molar-refractivity contribution < 1.29 is 17.9 Å². The lowest BCUT2D eigenvalue weighted by Crippen LogP contribution is -2.37. The van der Waals surface area contributed by atoms with Gasteiger partial charge in [0.15, 0.2) is 0 Å². The molecule has 26 heavy (non-hydrogen) atoms. The molecule has 2 aromatic carbocycles. The minimum absolute atomic E-state index is 0.0881. The summed E-state index contributed by atoms with van der Waals surface area (Å²) in [6.07, 6.45) is 1.08. The Morgan fingerprint density at radius 3 is 2.42 bits per heavy atom. The van der Waals surface area contributed by atoms with Crippen LogP contribution in [0.1, 0.15) is 11.1 Å². The summed E-state index contributed by atoms with van der Waals surface area (Å²) in [5, 5.41) is 3.24. The van der Waals surface area contributed by atoms with E-state index in [4.69, 9.17) is 16.3 Å². The second kappa shape index (κ2) is 8.53. The quantitative estimate of drug-likeness (QED) is 0.780. The molecule has 0 saturated heterocycles. The number of sulfonamides is 1. The first-order chi connectivity index (χ1) is 12.2. The van der Waals surface area contributed by atoms with E-state index in [2.05, 4.69) is 5.32 Å². The lowest BCUT2D eigenvalue weighted by atomic mass is 10.2. The van der Waals surface area contributed by atoms with Crippen molar-refractivity contribution in [2.45, 2.75) is 13.5 Å². The summed E-state index contributed by atoms with van der Waals surface area (Å²) in [5.74, 6) is 0.239. The Hall–Kier alpha value is -2.09. The monoisotopic (exact) mass is 396 g/mol. The molecule has 0 atom stereocenters. The van der Waals surface area contributed by atoms with E-state index in [1.807, 2.05) is 0 Å². The fourth-order valence-corrected chi connectivity index (χ4v) is 3.23. The van der Waals surface area contributed by atoms with E-state index in [0.29, 0.717) is 16.5 Å². The number of hydrogen-bond acceptors (Lipinski definition) is 4. The number of rotatable bonds is 7. The first kappa shape index (κ1) is 20.2. The van der Waals surface area contributed by atoms with Crippen LogP contribution < -0.4 is 10.1 Å². The van der Waals surface area contributed by atoms with Gasteiger partial charge in [-0.05, 0) is 42.3 Å². The fraction of sp³-hybridized carbons (Fsp3) is 0.278. The average molecular weight is 397 g/mol. The molecule has 0 saturated carbocycles. The molecule has 6 nitrogen and oxygen atoms in total. The molecule has 0 aliphatic carbocycles. The van der Waals surface area contributed by atoms with Crippen LogP contribution in [-0.2, 0) is 21.4 Å². The highest BCUT2D eigenvalue weighted by Crippen LogP contribution is 2.23. The average Bonchev–Trinajstić information content (AvgIpc) is 2.58. The van der Waals surface area contributed by atoms with E-state index >= 15 is 0 Å². The largest absolute Gasteiger partial charge is 0.497 e. The zero-order chi connectivity index (χ0) is 19.3. The normalized spacial score (nSPS) is 11.4. The van der Waals surface area contributed by atoms with Crippen molar-refractivity contribution in [3.8, 4) is 5.75 Å². The molecule has 140 valence electrons. The molecule has 1 N–H and O–H groups in total. The Labute approximate surface area is 158 Å². The summed E-state index contributed by atoms with van der Waals surface area (Å²) < 4.78 is 30.3. The van der Waals surface area contributed by atoms with Crippen LogP contribution in [-0.4, -0.2) is 38.5 Å². The molecular weight excluding hydrogens is 376 g/mol. The Balaban J connectivity index is 2.12. The second-order valence-corrected chi connectivity index (χ2v) is 8.23. The highest BCUT2D eigenvalue weighted by atomic mass is 35.5. The van der Waals surface area contributed by atoms with Gasteiger partial charge in [0, 0.05) is 17.3 Å². The molecule has 8 heteroatoms. The van der Waals surface area contributed by atoms with Gasteiger partial charge >= 0.3 is 0 Å². The van der Waals surface area contributed by atoms with Gasteiger partial charge in [-0.25, -0.2) is 8.42 Å². The molecule has 2 rings (SSSR count). The summed E-state index contributed by atoms with van der Waals surface area (Å²) >= 11 is 6.04. The predicted octanol–water partition coefficient (Wildman–Crippen LogP) is 3.06. The molecule has 0 aliphatic heterocycles. The van der Waals surface area contributed by atoms with Gasteiger partial charge in [-0.2, -0.15) is 4.31 Å². The number of carbonyl (C=O) groups excluding carboxylic acids is 1. The number of carbonyl (C=O) groups is 1. The Morgan fingerprint density at radius 2 is 1.85 bits per heavy atom. The van der Waals surface area contributed by atoms with Gasteiger partial charge in [0.05, 0.1) is 19.9 Å². The number of ether oxygens (including phenoxy) is 1. The van der Waals surface area contributed by atoms with Gasteiger partial charge in [-0.15, -0.1) is 0 Å². The number of halogens is 1. The van der Waals surface area contributed by atoms with Crippen LogP contribution in [0.2, 0.25) is 5.02 Å². The maximum absolute atomic E-state index is 12.3. The number of hydrogen-bond donors (Lipinski definition) is 1. The van der Waals surface area contributed by atoms with Crippen LogP contribution in [0.15, 0.2) is 42.5 Å². The summed E-state index contributed by atoms with van der Waals surface area (Å²) in [5.41, 5.74) is 2.03. The molecule has 1 amide bonds. The summed E-state index contributed by atoms with van der Waals surface area (Å²) in [4.78, 5) is 12.3. The van der Waals surface area contributed by atoms with Crippen LogP contribution in [0.5, 0.6) is 5.75 Å². The van der Waals surface area contributed by atoms with Crippen LogP contribution in [0, 0.1) is 6.92 Å². The van der Waals surface area contributed by atoms with Crippen molar-refractivity contribution in [2.75, 3.05) is 25.2 Å². The molecule has 0 heterocycles. The SMILES string of the molecule is COc1ccc(CN(CC(=O)Nc2cccc(Cl)c2C)S(C)(=O)=O)cc1. The summed E-state index contributed by atoms with van der Waals surface area (Å²) in [6.45, 7) is 1.57. The van der Waals surface area contributed by atoms with E-state index in [1.165, 1.54) is 0 Å². The third kappa shape index (κ3) is 5.45. The zero-order valence-corrected chi connectivity index (χ0v) is 16.4. The Morgan fingerprint density at radius 1 is 1.19 bits per heavy atom. The first-order valence-electron chi connectivity index (χ1n) is 7.83. The van der Waals surface area contributed by atoms with Crippen molar-refractivity contribution >= 4 is 33.2 Å². The third-order valence-corrected chi connectivity index (χ3v) is 5.45. The predicted molar refractivity (Wildman–Crippen MR) is 103 cm³/mol. The Kier molecular flexibility index (Phi) is 6.63. The maximum atomic E-state index is 12.3. The van der Waals surface area contributed by atoms with E-state index in [9.17, 15) is 13.2 Å². The van der Waals surface area contributed by atoms with E-state index in [0.717, 1.165) is 21.7 Å². The van der Waals surface area contributed by atoms with Gasteiger partial charge in [-0.3, -0.25) is 4.79 Å². The number of nitrogens with one attached hydrogen (secondary N) is 1. The van der Waals surface area contributed by atoms with Gasteiger partial charge in [0.1, 0.15) is 5.75 Å². The van der Waals surface area contributed by atoms with Crippen molar-refractivity contribution in [3.05, 3.63) is 58.6 Å². The number of methoxy groups -OCH3 is 1. The zero-order valence-electron chi connectivity index (χ0n) is 14.8. The topological polar surface area (TPSA) is 75.7 Å². The van der Waals surface area contributed by atoms with Crippen molar-refractivity contribution in [1.82, 2.24) is 4.31 Å². The standard InChI is InChI=1S/C18H21ClN2O4S/c1-13-16(19)5-4-6-17(13)20-18(22)12-21(26(3,23)24)11-14-7-9-15(25-2)10-8-14/h4-10H,11-12H2,1-3H3,(H,20,22). The molecule has 0 radical (unpaired) electrons. The highest BCUT2D eigenvalue weighted by Gasteiger charge is 2.21. The summed E-state index contributed by atoms with van der Waals surface area (Å²) in [7, 11) is -2.01. The number of benzene rings is 2. The van der Waals surface area contributed by atoms with Gasteiger partial charge in [0.25, 0.3) is 0 Å². The van der Waals surface area contributed by atoms with E-state index in [-0.39, 0.29) is 13.1 Å². The molecule has 0 fully saturated rings. The second-order valence-electron chi connectivity index (χ2n) is 5.84. The lowest BCUT2D eigenvalue weighted by molar-refractivity contribution is -0.116. The van der Waals surface area contributed by atoms with Crippen LogP contribution in [0.3, 0.4) is 0 Å². The van der Waals surface area contributed by atoms with Gasteiger partial charge in [0.2, 0.25) is 15.9 Å². The number of nitrogens with zero attached hydrogens (tertiary/aromatic N) is 1. The molecule has 0 aliphatic rings. The third-order valence-electron chi connectivity index (χ3n) is 3.85. The lowest BCUT2D eigenvalue weighted by Gasteiger charge is -2.20. The smallest absolute Gasteiger partial charge is 0.239 e. The molecule has 0 aromatic heterocycles. The van der Waals surface area contributed by atoms with Crippen molar-refractivity contribution in [3.63, 3.8) is 0 Å². The molecule has 0 bridgehead atoms. The Bertz CT molecular complexity index is 883. The van der Waals surface area contributed by atoms with Crippen LogP contribution in [0.25, 0.3) is 0 Å². The van der Waals surface area contributed by atoms with Crippen molar-refractivity contribution in [2.24, 2.45) is 0 Å². The fourth-order valence-electron chi connectivity index (χ4n) is 2.32. The first-order valence-corrected chi connectivity index (χ1v) is 10.1. The maximum Gasteiger partial charge on any atom is 0.239 e. The highest BCUT2D eigenvalue weighted by molar-refractivity contribution is 7.88. The molecule has 0 unspecified atom stereocenters. The minimum atomic E-state index is -3.57. The van der Waals surface area contributed by atoms with E-state index in [1.54, 1.807) is 56.5 Å². The van der Waals surface area contributed by atoms with E-state index < -0.39 is 15.9 Å². The van der Waals surface area contributed by atoms with Gasteiger partial charge < -0.3 is 10.1 Å². The molecule has 2 aromatic rings. The summed E-state index contributed by atoms with van der Waals surface area (Å²) in [6, 6.07) is 12.2. The molecule has 0 spiro atoms. The van der Waals surface area contributed by atoms with Gasteiger partial charge in [-0.1, -0.05) is 29.8 Å². The van der Waals surface area contributed by atoms with Crippen LogP contribution >= 0.6 is 11.6 Å². The van der Waals surface area contributed by atoms with Crippen molar-refractivity contribution in [1.29, 1.82) is 0 Å². The number of amides is 1. The number of anilines is 1. The van der Waals surface area contributed by atoms with Crippen LogP contribution in [0.4, 0.5) is 5.69 Å².